The van der Waals surface area contributed by atoms with E-state index in [4.69, 9.17) is 11.6 Å². The Morgan fingerprint density at radius 3 is 2.96 bits per heavy atom. The van der Waals surface area contributed by atoms with Crippen molar-refractivity contribution in [2.75, 3.05) is 5.88 Å². The second-order valence-electron chi connectivity index (χ2n) is 6.20. The SMILES string of the molecule is Cc1cccc(F)c1CN(C(=O)CCl)C1CCc2ncccc2C1. The average Bonchev–Trinajstić information content (AvgIpc) is 2.60. The first kappa shape index (κ1) is 16.9. The van der Waals surface area contributed by atoms with Crippen LogP contribution in [0, 0.1) is 12.7 Å². The molecule has 24 heavy (non-hydrogen) atoms. The molecule has 1 aliphatic carbocycles. The van der Waals surface area contributed by atoms with Crippen molar-refractivity contribution >= 4 is 17.5 Å². The number of nitrogens with zero attached hydrogens (tertiary/aromatic N) is 2. The normalized spacial score (nSPS) is 16.5. The third-order valence-electron chi connectivity index (χ3n) is 4.71. The second kappa shape index (κ2) is 7.31. The zero-order chi connectivity index (χ0) is 17.1. The summed E-state index contributed by atoms with van der Waals surface area (Å²) in [6.45, 7) is 2.12. The summed E-state index contributed by atoms with van der Waals surface area (Å²) in [4.78, 5) is 18.5. The van der Waals surface area contributed by atoms with Gasteiger partial charge in [0.2, 0.25) is 5.91 Å². The number of carbonyl (C=O) groups excluding carboxylic acids is 1. The molecule has 0 aliphatic heterocycles. The fraction of sp³-hybridized carbons (Fsp3) is 0.368. The first-order valence-electron chi connectivity index (χ1n) is 8.12. The number of amides is 1. The van der Waals surface area contributed by atoms with Crippen LogP contribution in [0.15, 0.2) is 36.5 Å². The van der Waals surface area contributed by atoms with E-state index in [0.29, 0.717) is 5.56 Å². The quantitative estimate of drug-likeness (QED) is 0.792. The molecule has 3 rings (SSSR count). The van der Waals surface area contributed by atoms with Crippen LogP contribution >= 0.6 is 11.6 Å². The van der Waals surface area contributed by atoms with Gasteiger partial charge < -0.3 is 4.90 Å². The van der Waals surface area contributed by atoms with Gasteiger partial charge in [0.1, 0.15) is 11.7 Å². The minimum absolute atomic E-state index is 0.0203. The van der Waals surface area contributed by atoms with E-state index < -0.39 is 0 Å². The van der Waals surface area contributed by atoms with Gasteiger partial charge in [0.15, 0.2) is 0 Å². The number of aryl methyl sites for hydroxylation is 2. The Labute approximate surface area is 146 Å². The van der Waals surface area contributed by atoms with Crippen LogP contribution in [0.25, 0.3) is 0 Å². The summed E-state index contributed by atoms with van der Waals surface area (Å²) in [6, 6.07) is 8.96. The molecule has 2 aromatic rings. The maximum atomic E-state index is 14.2. The van der Waals surface area contributed by atoms with Crippen LogP contribution in [0.1, 0.15) is 28.8 Å². The largest absolute Gasteiger partial charge is 0.334 e. The lowest BCUT2D eigenvalue weighted by Gasteiger charge is -2.35. The zero-order valence-corrected chi connectivity index (χ0v) is 14.4. The van der Waals surface area contributed by atoms with Crippen LogP contribution in [0.5, 0.6) is 0 Å². The summed E-state index contributed by atoms with van der Waals surface area (Å²) in [7, 11) is 0. The van der Waals surface area contributed by atoms with E-state index in [1.165, 1.54) is 6.07 Å². The highest BCUT2D eigenvalue weighted by molar-refractivity contribution is 6.27. The number of hydrogen-bond acceptors (Lipinski definition) is 2. The number of fused-ring (bicyclic) bond motifs is 1. The van der Waals surface area contributed by atoms with Gasteiger partial charge in [0.05, 0.1) is 0 Å². The number of rotatable bonds is 4. The lowest BCUT2D eigenvalue weighted by Crippen LogP contribution is -2.44. The zero-order valence-electron chi connectivity index (χ0n) is 13.6. The molecule has 0 saturated heterocycles. The van der Waals surface area contributed by atoms with Gasteiger partial charge in [-0.1, -0.05) is 18.2 Å². The van der Waals surface area contributed by atoms with Crippen LogP contribution in [-0.2, 0) is 24.2 Å². The van der Waals surface area contributed by atoms with E-state index in [9.17, 15) is 9.18 Å². The van der Waals surface area contributed by atoms with Gasteiger partial charge in [-0.3, -0.25) is 9.78 Å². The molecule has 1 aliphatic rings. The summed E-state index contributed by atoms with van der Waals surface area (Å²) in [5, 5.41) is 0. The highest BCUT2D eigenvalue weighted by Crippen LogP contribution is 2.26. The van der Waals surface area contributed by atoms with Gasteiger partial charge in [-0.25, -0.2) is 4.39 Å². The highest BCUT2D eigenvalue weighted by atomic mass is 35.5. The molecule has 5 heteroatoms. The lowest BCUT2D eigenvalue weighted by atomic mass is 9.90. The molecule has 1 aromatic heterocycles. The van der Waals surface area contributed by atoms with Crippen molar-refractivity contribution in [2.24, 2.45) is 0 Å². The van der Waals surface area contributed by atoms with Gasteiger partial charge in [-0.15, -0.1) is 11.6 Å². The van der Waals surface area contributed by atoms with Gasteiger partial charge in [0.25, 0.3) is 0 Å². The predicted octanol–water partition coefficient (Wildman–Crippen LogP) is 3.65. The standard InChI is InChI=1S/C19H20ClFN2O/c1-13-4-2-6-17(21)16(13)12-23(19(24)11-20)15-7-8-18-14(10-15)5-3-9-22-18/h2-6,9,15H,7-8,10-12H2,1H3. The molecule has 0 N–H and O–H groups in total. The van der Waals surface area contributed by atoms with E-state index in [1.807, 2.05) is 25.1 Å². The molecule has 1 atom stereocenters. The predicted molar refractivity (Wildman–Crippen MR) is 92.5 cm³/mol. The van der Waals surface area contributed by atoms with Gasteiger partial charge in [0, 0.05) is 30.0 Å². The van der Waals surface area contributed by atoms with Crippen LogP contribution in [0.4, 0.5) is 4.39 Å². The molecule has 126 valence electrons. The lowest BCUT2D eigenvalue weighted by molar-refractivity contribution is -0.131. The maximum Gasteiger partial charge on any atom is 0.238 e. The minimum atomic E-state index is -0.278. The monoisotopic (exact) mass is 346 g/mol. The third kappa shape index (κ3) is 3.44. The number of benzene rings is 1. The smallest absolute Gasteiger partial charge is 0.238 e. The molecule has 1 aromatic carbocycles. The maximum absolute atomic E-state index is 14.2. The molecule has 0 saturated carbocycles. The van der Waals surface area contributed by atoms with Crippen LogP contribution < -0.4 is 0 Å². The number of hydrogen-bond donors (Lipinski definition) is 0. The minimum Gasteiger partial charge on any atom is -0.334 e. The summed E-state index contributed by atoms with van der Waals surface area (Å²) in [5.41, 5.74) is 3.66. The molecular formula is C19H20ClFN2O. The van der Waals surface area contributed by atoms with E-state index in [1.54, 1.807) is 17.2 Å². The molecule has 1 amide bonds. The van der Waals surface area contributed by atoms with Crippen molar-refractivity contribution in [1.82, 2.24) is 9.88 Å². The highest BCUT2D eigenvalue weighted by Gasteiger charge is 2.28. The van der Waals surface area contributed by atoms with Crippen molar-refractivity contribution in [1.29, 1.82) is 0 Å². The van der Waals surface area contributed by atoms with Crippen molar-refractivity contribution in [3.63, 3.8) is 0 Å². The molecule has 0 bridgehead atoms. The average molecular weight is 347 g/mol. The van der Waals surface area contributed by atoms with Crippen LogP contribution in [-0.4, -0.2) is 27.7 Å². The number of pyridine rings is 1. The molecule has 0 radical (unpaired) electrons. The Balaban J connectivity index is 1.87. The molecule has 0 fully saturated rings. The van der Waals surface area contributed by atoms with Crippen molar-refractivity contribution < 1.29 is 9.18 Å². The van der Waals surface area contributed by atoms with E-state index in [-0.39, 0.29) is 30.2 Å². The number of aromatic nitrogens is 1. The van der Waals surface area contributed by atoms with Crippen LogP contribution in [0.2, 0.25) is 0 Å². The second-order valence-corrected chi connectivity index (χ2v) is 6.46. The Bertz CT molecular complexity index is 730. The number of carbonyl (C=O) groups is 1. The van der Waals surface area contributed by atoms with Gasteiger partial charge in [-0.2, -0.15) is 0 Å². The molecule has 0 spiro atoms. The first-order valence-corrected chi connectivity index (χ1v) is 8.65. The van der Waals surface area contributed by atoms with Gasteiger partial charge >= 0.3 is 0 Å². The first-order chi connectivity index (χ1) is 11.6. The molecule has 1 heterocycles. The van der Waals surface area contributed by atoms with Crippen LogP contribution in [0.3, 0.4) is 0 Å². The number of alkyl halides is 1. The Hall–Kier alpha value is -1.94. The fourth-order valence-corrected chi connectivity index (χ4v) is 3.50. The Morgan fingerprint density at radius 2 is 2.21 bits per heavy atom. The molecule has 1 unspecified atom stereocenters. The van der Waals surface area contributed by atoms with Crippen molar-refractivity contribution in [3.8, 4) is 0 Å². The van der Waals surface area contributed by atoms with Crippen molar-refractivity contribution in [3.05, 3.63) is 64.7 Å². The summed E-state index contributed by atoms with van der Waals surface area (Å²) in [5.74, 6) is -0.527. The third-order valence-corrected chi connectivity index (χ3v) is 4.94. The summed E-state index contributed by atoms with van der Waals surface area (Å²) >= 11 is 5.81. The topological polar surface area (TPSA) is 33.2 Å². The van der Waals surface area contributed by atoms with E-state index in [0.717, 1.165) is 36.1 Å². The van der Waals surface area contributed by atoms with E-state index >= 15 is 0 Å². The Kier molecular flexibility index (Phi) is 5.14. The summed E-state index contributed by atoms with van der Waals surface area (Å²) < 4.78 is 14.2. The van der Waals surface area contributed by atoms with Gasteiger partial charge in [-0.05, 0) is 49.4 Å². The van der Waals surface area contributed by atoms with E-state index in [2.05, 4.69) is 4.98 Å². The van der Waals surface area contributed by atoms with Crippen molar-refractivity contribution in [2.45, 2.75) is 38.8 Å². The Morgan fingerprint density at radius 1 is 1.38 bits per heavy atom. The molecule has 3 nitrogen and oxygen atoms in total. The fourth-order valence-electron chi connectivity index (χ4n) is 3.34. The molecular weight excluding hydrogens is 327 g/mol. The number of halogens is 2. The summed E-state index contributed by atoms with van der Waals surface area (Å²) in [6.07, 6.45) is 4.17.